The van der Waals surface area contributed by atoms with Crippen LogP contribution in [0.3, 0.4) is 0 Å². The molecule has 5 aliphatic rings. The first kappa shape index (κ1) is 21.1. The van der Waals surface area contributed by atoms with Crippen LogP contribution in [0.5, 0.6) is 0 Å². The van der Waals surface area contributed by atoms with Crippen molar-refractivity contribution in [1.29, 1.82) is 0 Å². The number of benzene rings is 1. The van der Waals surface area contributed by atoms with Gasteiger partial charge in [-0.2, -0.15) is 0 Å². The highest BCUT2D eigenvalue weighted by Gasteiger charge is 2.58. The summed E-state index contributed by atoms with van der Waals surface area (Å²) in [7, 11) is 0. The molecule has 0 spiro atoms. The van der Waals surface area contributed by atoms with Gasteiger partial charge in [-0.15, -0.1) is 0 Å². The summed E-state index contributed by atoms with van der Waals surface area (Å²) in [6.07, 6.45) is 8.06. The summed E-state index contributed by atoms with van der Waals surface area (Å²) in [6.45, 7) is 2.73. The Labute approximate surface area is 194 Å². The Morgan fingerprint density at radius 2 is 2.00 bits per heavy atom. The van der Waals surface area contributed by atoms with Gasteiger partial charge in [0.05, 0.1) is 6.61 Å². The summed E-state index contributed by atoms with van der Waals surface area (Å²) in [5.41, 5.74) is 6.73. The van der Waals surface area contributed by atoms with Crippen molar-refractivity contribution in [3.63, 3.8) is 0 Å². The molecule has 1 aliphatic heterocycles. The molecule has 33 heavy (non-hydrogen) atoms. The molecule has 5 fully saturated rings. The quantitative estimate of drug-likeness (QED) is 0.731. The Kier molecular flexibility index (Phi) is 5.14. The lowest BCUT2D eigenvalue weighted by Crippen LogP contribution is -2.63. The van der Waals surface area contributed by atoms with Crippen molar-refractivity contribution in [1.82, 2.24) is 15.2 Å². The molecule has 174 valence electrons. The number of carbonyl (C=O) groups is 2. The number of nitrogens with two attached hydrogens (primary N) is 1. The van der Waals surface area contributed by atoms with Crippen molar-refractivity contribution in [3.8, 4) is 0 Å². The standard InChI is InChI=1S/C26H32N4O3/c27-25(32)26-10-16-8-19(11-26)23(20(9-16)12-26)29-24(31)22-15-30(6-7-33-22)14-18-3-1-2-17-13-28-5-4-21(17)18/h1-5,13,16,19-20,22-23H,6-12,14-15H2,(H2,27,32)(H,29,31). The number of rotatable bonds is 5. The molecule has 2 amide bonds. The van der Waals surface area contributed by atoms with Crippen molar-refractivity contribution in [2.24, 2.45) is 28.9 Å². The molecule has 4 bridgehead atoms. The van der Waals surface area contributed by atoms with Crippen LogP contribution >= 0.6 is 0 Å². The molecule has 2 heterocycles. The van der Waals surface area contributed by atoms with Crippen LogP contribution in [0.1, 0.15) is 37.7 Å². The van der Waals surface area contributed by atoms with Crippen molar-refractivity contribution in [2.45, 2.75) is 50.8 Å². The monoisotopic (exact) mass is 448 g/mol. The topological polar surface area (TPSA) is 97.5 Å². The Balaban J connectivity index is 1.12. The average Bonchev–Trinajstić information content (AvgIpc) is 2.81. The number of hydrogen-bond donors (Lipinski definition) is 2. The van der Waals surface area contributed by atoms with E-state index in [9.17, 15) is 9.59 Å². The number of carbonyl (C=O) groups excluding carboxylic acids is 2. The number of hydrogen-bond acceptors (Lipinski definition) is 5. The molecule has 7 rings (SSSR count). The van der Waals surface area contributed by atoms with Gasteiger partial charge in [-0.05, 0) is 66.9 Å². The predicted molar refractivity (Wildman–Crippen MR) is 124 cm³/mol. The van der Waals surface area contributed by atoms with E-state index in [0.717, 1.165) is 50.6 Å². The van der Waals surface area contributed by atoms with Gasteiger partial charge in [0.1, 0.15) is 6.10 Å². The largest absolute Gasteiger partial charge is 0.369 e. The molecule has 7 nitrogen and oxygen atoms in total. The number of aromatic nitrogens is 1. The third-order valence-electron chi connectivity index (χ3n) is 8.71. The van der Waals surface area contributed by atoms with Gasteiger partial charge < -0.3 is 15.8 Å². The van der Waals surface area contributed by atoms with Crippen LogP contribution in [-0.2, 0) is 20.9 Å². The zero-order chi connectivity index (χ0) is 22.6. The Morgan fingerprint density at radius 3 is 2.79 bits per heavy atom. The van der Waals surface area contributed by atoms with Crippen molar-refractivity contribution < 1.29 is 14.3 Å². The number of nitrogens with zero attached hydrogens (tertiary/aromatic N) is 2. The molecule has 1 aromatic carbocycles. The van der Waals surface area contributed by atoms with Gasteiger partial charge >= 0.3 is 0 Å². The lowest BCUT2D eigenvalue weighted by Gasteiger charge is -2.59. The van der Waals surface area contributed by atoms with E-state index in [4.69, 9.17) is 10.5 Å². The lowest BCUT2D eigenvalue weighted by atomic mass is 9.47. The van der Waals surface area contributed by atoms with E-state index >= 15 is 0 Å². The normalized spacial score (nSPS) is 35.6. The first-order valence-electron chi connectivity index (χ1n) is 12.3. The maximum absolute atomic E-state index is 13.3. The lowest BCUT2D eigenvalue weighted by molar-refractivity contribution is -0.151. The molecule has 1 saturated heterocycles. The van der Waals surface area contributed by atoms with Gasteiger partial charge in [-0.1, -0.05) is 18.2 Å². The fourth-order valence-electron chi connectivity index (χ4n) is 7.39. The molecule has 0 radical (unpaired) electrons. The molecule has 3 atom stereocenters. The SMILES string of the molecule is NC(=O)C12CC3CC(C1)C(NC(=O)C1CN(Cc4cccc5cnccc45)CCO1)C(C3)C2. The second-order valence-corrected chi connectivity index (χ2v) is 10.8. The molecule has 1 aromatic heterocycles. The fourth-order valence-corrected chi connectivity index (χ4v) is 7.39. The van der Waals surface area contributed by atoms with Gasteiger partial charge in [0, 0.05) is 48.9 Å². The first-order valence-corrected chi connectivity index (χ1v) is 12.3. The van der Waals surface area contributed by atoms with E-state index in [0.29, 0.717) is 30.9 Å². The number of primary amides is 1. The summed E-state index contributed by atoms with van der Waals surface area (Å²) >= 11 is 0. The molecule has 4 aliphatic carbocycles. The second kappa shape index (κ2) is 8.06. The van der Waals surface area contributed by atoms with Gasteiger partial charge in [-0.3, -0.25) is 19.5 Å². The Morgan fingerprint density at radius 1 is 1.18 bits per heavy atom. The summed E-state index contributed by atoms with van der Waals surface area (Å²) in [4.78, 5) is 32.0. The van der Waals surface area contributed by atoms with E-state index < -0.39 is 6.10 Å². The van der Waals surface area contributed by atoms with Crippen LogP contribution in [-0.4, -0.2) is 53.5 Å². The van der Waals surface area contributed by atoms with Crippen LogP contribution in [0.15, 0.2) is 36.7 Å². The van der Waals surface area contributed by atoms with E-state index in [1.165, 1.54) is 10.9 Å². The van der Waals surface area contributed by atoms with Gasteiger partial charge in [-0.25, -0.2) is 0 Å². The summed E-state index contributed by atoms with van der Waals surface area (Å²) in [6, 6.07) is 8.49. The maximum atomic E-state index is 13.3. The molecule has 3 N–H and O–H groups in total. The van der Waals surface area contributed by atoms with E-state index in [1.54, 1.807) is 0 Å². The number of nitrogens with one attached hydrogen (secondary N) is 1. The van der Waals surface area contributed by atoms with Gasteiger partial charge in [0.2, 0.25) is 5.91 Å². The van der Waals surface area contributed by atoms with Crippen LogP contribution < -0.4 is 11.1 Å². The third-order valence-corrected chi connectivity index (χ3v) is 8.71. The zero-order valence-electron chi connectivity index (χ0n) is 18.9. The maximum Gasteiger partial charge on any atom is 0.250 e. The van der Waals surface area contributed by atoms with Crippen LogP contribution in [0.25, 0.3) is 10.8 Å². The summed E-state index contributed by atoms with van der Waals surface area (Å²) < 4.78 is 5.91. The molecule has 4 saturated carbocycles. The van der Waals surface area contributed by atoms with Crippen LogP contribution in [0.4, 0.5) is 0 Å². The predicted octanol–water partition coefficient (Wildman–Crippen LogP) is 2.23. The fraction of sp³-hybridized carbons (Fsp3) is 0.577. The van der Waals surface area contributed by atoms with Crippen molar-refractivity contribution in [2.75, 3.05) is 19.7 Å². The number of amides is 2. The zero-order valence-corrected chi connectivity index (χ0v) is 18.9. The highest BCUT2D eigenvalue weighted by atomic mass is 16.5. The molecular formula is C26H32N4O3. The van der Waals surface area contributed by atoms with E-state index in [2.05, 4.69) is 39.5 Å². The first-order chi connectivity index (χ1) is 16.0. The van der Waals surface area contributed by atoms with E-state index in [-0.39, 0.29) is 23.3 Å². The van der Waals surface area contributed by atoms with Crippen molar-refractivity contribution >= 4 is 22.6 Å². The minimum absolute atomic E-state index is 0.00702. The summed E-state index contributed by atoms with van der Waals surface area (Å²) in [5.74, 6) is 1.16. The minimum Gasteiger partial charge on any atom is -0.369 e. The highest BCUT2D eigenvalue weighted by Crippen LogP contribution is 2.59. The average molecular weight is 449 g/mol. The van der Waals surface area contributed by atoms with Gasteiger partial charge in [0.15, 0.2) is 0 Å². The number of morpholine rings is 1. The molecule has 3 unspecified atom stereocenters. The van der Waals surface area contributed by atoms with Crippen LogP contribution in [0, 0.1) is 23.2 Å². The molecule has 7 heteroatoms. The minimum atomic E-state index is -0.460. The second-order valence-electron chi connectivity index (χ2n) is 10.8. The molecule has 2 aromatic rings. The van der Waals surface area contributed by atoms with Gasteiger partial charge in [0.25, 0.3) is 5.91 Å². The number of pyridine rings is 1. The summed E-state index contributed by atoms with van der Waals surface area (Å²) in [5, 5.41) is 5.69. The van der Waals surface area contributed by atoms with Crippen LogP contribution in [0.2, 0.25) is 0 Å². The number of fused-ring (bicyclic) bond motifs is 1. The Hall–Kier alpha value is -2.51. The Bertz CT molecular complexity index is 1070. The number of ether oxygens (including phenoxy) is 1. The molecular weight excluding hydrogens is 416 g/mol. The highest BCUT2D eigenvalue weighted by molar-refractivity contribution is 5.85. The van der Waals surface area contributed by atoms with E-state index in [1.807, 2.05) is 12.4 Å². The smallest absolute Gasteiger partial charge is 0.250 e. The van der Waals surface area contributed by atoms with Crippen molar-refractivity contribution in [3.05, 3.63) is 42.2 Å². The third kappa shape index (κ3) is 3.71.